The molecule has 132 valence electrons. The van der Waals surface area contributed by atoms with Crippen LogP contribution in [-0.2, 0) is 17.6 Å². The number of nitrogens with one attached hydrogen (secondary N) is 1. The van der Waals surface area contributed by atoms with Gasteiger partial charge in [-0.1, -0.05) is 32.0 Å². The lowest BCUT2D eigenvalue weighted by atomic mass is 10.0. The van der Waals surface area contributed by atoms with Crippen LogP contribution in [0.5, 0.6) is 0 Å². The van der Waals surface area contributed by atoms with Gasteiger partial charge in [0.25, 0.3) is 0 Å². The van der Waals surface area contributed by atoms with Gasteiger partial charge in [0.15, 0.2) is 0 Å². The molecule has 1 amide bonds. The molecule has 1 saturated heterocycles. The molecule has 6 nitrogen and oxygen atoms in total. The van der Waals surface area contributed by atoms with E-state index < -0.39 is 0 Å². The van der Waals surface area contributed by atoms with E-state index in [-0.39, 0.29) is 0 Å². The molecule has 0 atom stereocenters. The van der Waals surface area contributed by atoms with Gasteiger partial charge in [-0.15, -0.1) is 0 Å². The topological polar surface area (TPSA) is 61.4 Å². The smallest absolute Gasteiger partial charge is 0.229 e. The van der Waals surface area contributed by atoms with E-state index >= 15 is 0 Å². The Labute approximate surface area is 148 Å². The summed E-state index contributed by atoms with van der Waals surface area (Å²) in [5, 5.41) is 3.43. The standard InChI is InChI=1S/C19H25N5O/c1-3-15-6-5-7-16(4-2)18(15)22-19-20-9-8-17(21-19)24-12-10-23(14-25)11-13-24/h5-9,14H,3-4,10-13H2,1-2H3,(H,20,21,22). The third kappa shape index (κ3) is 3.90. The van der Waals surface area contributed by atoms with Gasteiger partial charge >= 0.3 is 0 Å². The van der Waals surface area contributed by atoms with Gasteiger partial charge in [0.05, 0.1) is 0 Å². The summed E-state index contributed by atoms with van der Waals surface area (Å²) in [5.41, 5.74) is 3.66. The third-order valence-electron chi connectivity index (χ3n) is 4.66. The molecular formula is C19H25N5O. The van der Waals surface area contributed by atoms with Crippen LogP contribution >= 0.6 is 0 Å². The predicted octanol–water partition coefficient (Wildman–Crippen LogP) is 2.62. The molecule has 0 spiro atoms. The number of piperazine rings is 1. The normalized spacial score (nSPS) is 14.5. The molecule has 0 bridgehead atoms. The summed E-state index contributed by atoms with van der Waals surface area (Å²) in [5.74, 6) is 1.51. The predicted molar refractivity (Wildman–Crippen MR) is 100 cm³/mol. The Hall–Kier alpha value is -2.63. The number of aryl methyl sites for hydroxylation is 2. The first-order valence-corrected chi connectivity index (χ1v) is 8.90. The number of rotatable bonds is 6. The molecule has 25 heavy (non-hydrogen) atoms. The Morgan fingerprint density at radius 1 is 1.08 bits per heavy atom. The highest BCUT2D eigenvalue weighted by molar-refractivity contribution is 5.64. The second kappa shape index (κ2) is 7.96. The van der Waals surface area contributed by atoms with Crippen molar-refractivity contribution in [2.45, 2.75) is 26.7 Å². The van der Waals surface area contributed by atoms with Gasteiger partial charge < -0.3 is 15.1 Å². The number of hydrogen-bond acceptors (Lipinski definition) is 5. The zero-order chi connectivity index (χ0) is 17.6. The van der Waals surface area contributed by atoms with E-state index in [1.54, 1.807) is 11.1 Å². The van der Waals surface area contributed by atoms with Gasteiger partial charge in [0, 0.05) is 38.1 Å². The first-order chi connectivity index (χ1) is 12.2. The van der Waals surface area contributed by atoms with Crippen molar-refractivity contribution in [3.05, 3.63) is 41.6 Å². The van der Waals surface area contributed by atoms with Crippen LogP contribution in [0.3, 0.4) is 0 Å². The summed E-state index contributed by atoms with van der Waals surface area (Å²) >= 11 is 0. The monoisotopic (exact) mass is 339 g/mol. The van der Waals surface area contributed by atoms with Crippen LogP contribution in [0.25, 0.3) is 0 Å². The SMILES string of the molecule is CCc1cccc(CC)c1Nc1nccc(N2CCN(C=O)CC2)n1. The van der Waals surface area contributed by atoms with Gasteiger partial charge in [-0.05, 0) is 30.0 Å². The van der Waals surface area contributed by atoms with E-state index in [4.69, 9.17) is 4.98 Å². The van der Waals surface area contributed by atoms with E-state index in [2.05, 4.69) is 47.2 Å². The van der Waals surface area contributed by atoms with Gasteiger partial charge in [-0.2, -0.15) is 4.98 Å². The first-order valence-electron chi connectivity index (χ1n) is 8.90. The molecule has 1 N–H and O–H groups in total. The van der Waals surface area contributed by atoms with Crippen molar-refractivity contribution in [2.24, 2.45) is 0 Å². The van der Waals surface area contributed by atoms with Crippen molar-refractivity contribution in [3.8, 4) is 0 Å². The zero-order valence-corrected chi connectivity index (χ0v) is 14.9. The molecule has 1 aromatic carbocycles. The number of amides is 1. The highest BCUT2D eigenvalue weighted by Gasteiger charge is 2.17. The summed E-state index contributed by atoms with van der Waals surface area (Å²) in [7, 11) is 0. The summed E-state index contributed by atoms with van der Waals surface area (Å²) < 4.78 is 0. The number of nitrogens with zero attached hydrogens (tertiary/aromatic N) is 4. The molecule has 0 aliphatic carbocycles. The molecule has 0 unspecified atom stereocenters. The molecule has 0 radical (unpaired) electrons. The van der Waals surface area contributed by atoms with Crippen LogP contribution in [0, 0.1) is 0 Å². The van der Waals surface area contributed by atoms with E-state index in [1.807, 2.05) is 6.07 Å². The fourth-order valence-electron chi connectivity index (χ4n) is 3.16. The zero-order valence-electron chi connectivity index (χ0n) is 14.9. The summed E-state index contributed by atoms with van der Waals surface area (Å²) in [6, 6.07) is 8.31. The average Bonchev–Trinajstić information content (AvgIpc) is 2.68. The summed E-state index contributed by atoms with van der Waals surface area (Å²) in [6.45, 7) is 7.36. The fraction of sp³-hybridized carbons (Fsp3) is 0.421. The molecule has 2 aromatic rings. The maximum atomic E-state index is 10.9. The maximum Gasteiger partial charge on any atom is 0.229 e. The molecule has 1 aromatic heterocycles. The number of anilines is 3. The third-order valence-corrected chi connectivity index (χ3v) is 4.66. The lowest BCUT2D eigenvalue weighted by Crippen LogP contribution is -2.46. The minimum atomic E-state index is 0.617. The molecule has 1 aliphatic rings. The number of carbonyl (C=O) groups excluding carboxylic acids is 1. The van der Waals surface area contributed by atoms with Crippen molar-refractivity contribution in [1.82, 2.24) is 14.9 Å². The van der Waals surface area contributed by atoms with Crippen LogP contribution in [0.1, 0.15) is 25.0 Å². The van der Waals surface area contributed by atoms with Crippen LogP contribution in [0.2, 0.25) is 0 Å². The van der Waals surface area contributed by atoms with Gasteiger partial charge in [0.2, 0.25) is 12.4 Å². The molecule has 1 fully saturated rings. The van der Waals surface area contributed by atoms with E-state index in [1.165, 1.54) is 11.1 Å². The minimum absolute atomic E-state index is 0.617. The Morgan fingerprint density at radius 3 is 2.36 bits per heavy atom. The summed E-state index contributed by atoms with van der Waals surface area (Å²) in [4.78, 5) is 23.9. The Bertz CT molecular complexity index is 703. The maximum absolute atomic E-state index is 10.9. The molecule has 6 heteroatoms. The molecule has 0 saturated carbocycles. The van der Waals surface area contributed by atoms with E-state index in [0.29, 0.717) is 5.95 Å². The van der Waals surface area contributed by atoms with Crippen molar-refractivity contribution >= 4 is 23.9 Å². The Morgan fingerprint density at radius 2 is 1.76 bits per heavy atom. The van der Waals surface area contributed by atoms with Crippen LogP contribution in [0.15, 0.2) is 30.5 Å². The van der Waals surface area contributed by atoms with Crippen LogP contribution < -0.4 is 10.2 Å². The van der Waals surface area contributed by atoms with Gasteiger partial charge in [-0.3, -0.25) is 4.79 Å². The molecule has 3 rings (SSSR count). The largest absolute Gasteiger partial charge is 0.353 e. The quantitative estimate of drug-likeness (QED) is 0.820. The van der Waals surface area contributed by atoms with Gasteiger partial charge in [0.1, 0.15) is 5.82 Å². The van der Waals surface area contributed by atoms with Crippen LogP contribution in [0.4, 0.5) is 17.5 Å². The highest BCUT2D eigenvalue weighted by Crippen LogP contribution is 2.26. The fourth-order valence-corrected chi connectivity index (χ4v) is 3.16. The number of hydrogen-bond donors (Lipinski definition) is 1. The Balaban J connectivity index is 1.80. The number of benzene rings is 1. The van der Waals surface area contributed by atoms with Crippen molar-refractivity contribution < 1.29 is 4.79 Å². The molecule has 2 heterocycles. The second-order valence-electron chi connectivity index (χ2n) is 6.15. The van der Waals surface area contributed by atoms with Crippen LogP contribution in [-0.4, -0.2) is 47.5 Å². The molecule has 1 aliphatic heterocycles. The number of carbonyl (C=O) groups is 1. The Kier molecular flexibility index (Phi) is 5.48. The number of aromatic nitrogens is 2. The van der Waals surface area contributed by atoms with Crippen molar-refractivity contribution in [1.29, 1.82) is 0 Å². The van der Waals surface area contributed by atoms with Crippen molar-refractivity contribution in [2.75, 3.05) is 36.4 Å². The highest BCUT2D eigenvalue weighted by atomic mass is 16.1. The second-order valence-corrected chi connectivity index (χ2v) is 6.15. The summed E-state index contributed by atoms with van der Waals surface area (Å²) in [6.07, 6.45) is 4.63. The van der Waals surface area contributed by atoms with E-state index in [0.717, 1.165) is 56.9 Å². The van der Waals surface area contributed by atoms with E-state index in [9.17, 15) is 4.79 Å². The average molecular weight is 339 g/mol. The van der Waals surface area contributed by atoms with Gasteiger partial charge in [-0.25, -0.2) is 4.98 Å². The lowest BCUT2D eigenvalue weighted by Gasteiger charge is -2.33. The first kappa shape index (κ1) is 17.2. The minimum Gasteiger partial charge on any atom is -0.353 e. The lowest BCUT2D eigenvalue weighted by molar-refractivity contribution is -0.118. The molecular weight excluding hydrogens is 314 g/mol. The van der Waals surface area contributed by atoms with Crippen molar-refractivity contribution in [3.63, 3.8) is 0 Å². The number of para-hydroxylation sites is 1.